The van der Waals surface area contributed by atoms with Gasteiger partial charge in [-0.1, -0.05) is 0 Å². The summed E-state index contributed by atoms with van der Waals surface area (Å²) in [6, 6.07) is 1.32. The summed E-state index contributed by atoms with van der Waals surface area (Å²) in [5.41, 5.74) is -0.453. The number of aliphatic imine (C=N–C) groups is 1. The second-order valence-corrected chi connectivity index (χ2v) is 8.79. The Labute approximate surface area is 158 Å². The SMILES string of the molecule is CC(C)N(CCNC1=NCC2CN(C(=O)OC(C)(C)C)CCN12)C(C)C. The molecule has 2 aliphatic heterocycles. The van der Waals surface area contributed by atoms with E-state index in [0.717, 1.165) is 32.1 Å². The molecule has 1 N–H and O–H groups in total. The number of carbonyl (C=O) groups is 1. The second kappa shape index (κ2) is 8.46. The van der Waals surface area contributed by atoms with Crippen molar-refractivity contribution >= 4 is 12.1 Å². The average molecular weight is 368 g/mol. The highest BCUT2D eigenvalue weighted by Gasteiger charge is 2.36. The van der Waals surface area contributed by atoms with Gasteiger partial charge in [-0.3, -0.25) is 9.89 Å². The maximum atomic E-state index is 12.3. The van der Waals surface area contributed by atoms with E-state index >= 15 is 0 Å². The minimum absolute atomic E-state index is 0.219. The number of carbonyl (C=O) groups excluding carboxylic acids is 1. The molecule has 1 atom stereocenters. The summed E-state index contributed by atoms with van der Waals surface area (Å²) in [5, 5.41) is 3.50. The molecule has 0 aliphatic carbocycles. The van der Waals surface area contributed by atoms with E-state index in [1.165, 1.54) is 0 Å². The van der Waals surface area contributed by atoms with E-state index in [1.807, 2.05) is 25.7 Å². The summed E-state index contributed by atoms with van der Waals surface area (Å²) in [6.45, 7) is 19.4. The molecular weight excluding hydrogens is 330 g/mol. The van der Waals surface area contributed by atoms with Crippen LogP contribution in [0.3, 0.4) is 0 Å². The standard InChI is InChI=1S/C19H37N5O2/c1-14(2)23(15(3)4)9-8-20-17-21-12-16-13-22(10-11-24(16)17)18(25)26-19(5,6)7/h14-16H,8-13H2,1-7H3,(H,20,21). The molecule has 0 aromatic rings. The van der Waals surface area contributed by atoms with E-state index < -0.39 is 5.60 Å². The molecule has 1 fully saturated rings. The Bertz CT molecular complexity index is 505. The molecule has 1 unspecified atom stereocenters. The highest BCUT2D eigenvalue weighted by atomic mass is 16.6. The molecule has 0 aromatic heterocycles. The van der Waals surface area contributed by atoms with Gasteiger partial charge in [0.1, 0.15) is 5.60 Å². The first-order valence-corrected chi connectivity index (χ1v) is 9.87. The van der Waals surface area contributed by atoms with Crippen molar-refractivity contribution in [3.63, 3.8) is 0 Å². The number of piperazine rings is 1. The Morgan fingerprint density at radius 3 is 2.50 bits per heavy atom. The second-order valence-electron chi connectivity index (χ2n) is 8.79. The van der Waals surface area contributed by atoms with Crippen LogP contribution < -0.4 is 5.32 Å². The Morgan fingerprint density at radius 1 is 1.27 bits per heavy atom. The quantitative estimate of drug-likeness (QED) is 0.805. The fourth-order valence-corrected chi connectivity index (χ4v) is 3.63. The largest absolute Gasteiger partial charge is 0.444 e. The van der Waals surface area contributed by atoms with Crippen LogP contribution >= 0.6 is 0 Å². The number of nitrogens with zero attached hydrogens (tertiary/aromatic N) is 4. The van der Waals surface area contributed by atoms with Crippen molar-refractivity contribution in [1.29, 1.82) is 0 Å². The zero-order valence-corrected chi connectivity index (χ0v) is 17.6. The van der Waals surface area contributed by atoms with Crippen molar-refractivity contribution in [2.24, 2.45) is 4.99 Å². The van der Waals surface area contributed by atoms with Gasteiger partial charge in [0.05, 0.1) is 12.6 Å². The first-order chi connectivity index (χ1) is 12.1. The predicted octanol–water partition coefficient (Wildman–Crippen LogP) is 1.99. The third kappa shape index (κ3) is 5.50. The van der Waals surface area contributed by atoms with E-state index in [-0.39, 0.29) is 12.1 Å². The van der Waals surface area contributed by atoms with Crippen LogP contribution in [0.15, 0.2) is 4.99 Å². The predicted molar refractivity (Wildman–Crippen MR) is 106 cm³/mol. The van der Waals surface area contributed by atoms with Gasteiger partial charge in [-0.2, -0.15) is 0 Å². The lowest BCUT2D eigenvalue weighted by Gasteiger charge is -2.39. The maximum absolute atomic E-state index is 12.3. The molecule has 2 rings (SSSR count). The van der Waals surface area contributed by atoms with E-state index in [9.17, 15) is 4.79 Å². The summed E-state index contributed by atoms with van der Waals surface area (Å²) >= 11 is 0. The van der Waals surface area contributed by atoms with Gasteiger partial charge in [-0.25, -0.2) is 4.79 Å². The number of nitrogens with one attached hydrogen (secondary N) is 1. The fraction of sp³-hybridized carbons (Fsp3) is 0.895. The first kappa shape index (κ1) is 20.8. The molecule has 2 heterocycles. The summed E-state index contributed by atoms with van der Waals surface area (Å²) in [4.78, 5) is 23.5. The van der Waals surface area contributed by atoms with Gasteiger partial charge in [-0.15, -0.1) is 0 Å². The normalized spacial score (nSPS) is 20.7. The van der Waals surface area contributed by atoms with Crippen molar-refractivity contribution in [3.8, 4) is 0 Å². The minimum atomic E-state index is -0.453. The molecule has 7 nitrogen and oxygen atoms in total. The van der Waals surface area contributed by atoms with Gasteiger partial charge in [0, 0.05) is 44.8 Å². The maximum Gasteiger partial charge on any atom is 0.410 e. The summed E-state index contributed by atoms with van der Waals surface area (Å²) < 4.78 is 5.50. The smallest absolute Gasteiger partial charge is 0.410 e. The van der Waals surface area contributed by atoms with Crippen LogP contribution in [-0.2, 0) is 4.74 Å². The Balaban J connectivity index is 1.80. The van der Waals surface area contributed by atoms with Crippen LogP contribution in [0.1, 0.15) is 48.5 Å². The molecule has 0 bridgehead atoms. The van der Waals surface area contributed by atoms with E-state index in [4.69, 9.17) is 4.74 Å². The zero-order chi connectivity index (χ0) is 19.5. The Hall–Kier alpha value is -1.50. The zero-order valence-electron chi connectivity index (χ0n) is 17.6. The molecule has 0 radical (unpaired) electrons. The summed E-state index contributed by atoms with van der Waals surface area (Å²) in [5.74, 6) is 0.978. The van der Waals surface area contributed by atoms with Crippen molar-refractivity contribution in [2.75, 3.05) is 39.3 Å². The number of guanidine groups is 1. The highest BCUT2D eigenvalue weighted by molar-refractivity contribution is 5.82. The Kier molecular flexibility index (Phi) is 6.77. The molecule has 1 amide bonds. The number of fused-ring (bicyclic) bond motifs is 1. The molecule has 1 saturated heterocycles. The number of hydrogen-bond donors (Lipinski definition) is 1. The Morgan fingerprint density at radius 2 is 1.92 bits per heavy atom. The molecule has 0 aromatic carbocycles. The van der Waals surface area contributed by atoms with Gasteiger partial charge >= 0.3 is 6.09 Å². The topological polar surface area (TPSA) is 60.4 Å². The van der Waals surface area contributed by atoms with E-state index in [1.54, 1.807) is 0 Å². The van der Waals surface area contributed by atoms with Gasteiger partial charge in [0.2, 0.25) is 0 Å². The van der Waals surface area contributed by atoms with Crippen LogP contribution in [0.25, 0.3) is 0 Å². The van der Waals surface area contributed by atoms with Crippen LogP contribution in [0.4, 0.5) is 4.79 Å². The van der Waals surface area contributed by atoms with Crippen molar-refractivity contribution in [2.45, 2.75) is 72.2 Å². The molecule has 7 heteroatoms. The van der Waals surface area contributed by atoms with Gasteiger partial charge < -0.3 is 19.9 Å². The monoisotopic (exact) mass is 367 g/mol. The number of hydrogen-bond acceptors (Lipinski definition) is 6. The lowest BCUT2D eigenvalue weighted by molar-refractivity contribution is 0.0137. The van der Waals surface area contributed by atoms with E-state index in [2.05, 4.69) is 47.8 Å². The minimum Gasteiger partial charge on any atom is -0.444 e. The molecule has 0 saturated carbocycles. The van der Waals surface area contributed by atoms with Crippen LogP contribution in [0.2, 0.25) is 0 Å². The fourth-order valence-electron chi connectivity index (χ4n) is 3.63. The number of rotatable bonds is 5. The first-order valence-electron chi connectivity index (χ1n) is 9.87. The van der Waals surface area contributed by atoms with Crippen LogP contribution in [-0.4, -0.2) is 89.7 Å². The van der Waals surface area contributed by atoms with Crippen LogP contribution in [0.5, 0.6) is 0 Å². The van der Waals surface area contributed by atoms with Gasteiger partial charge in [-0.05, 0) is 48.5 Å². The van der Waals surface area contributed by atoms with Gasteiger partial charge in [0.15, 0.2) is 5.96 Å². The molecule has 26 heavy (non-hydrogen) atoms. The van der Waals surface area contributed by atoms with E-state index in [0.29, 0.717) is 25.2 Å². The molecule has 150 valence electrons. The molecular formula is C19H37N5O2. The lowest BCUT2D eigenvalue weighted by atomic mass is 10.2. The third-order valence-electron chi connectivity index (χ3n) is 4.84. The summed E-state index contributed by atoms with van der Waals surface area (Å²) in [6.07, 6.45) is -0.219. The molecule has 2 aliphatic rings. The van der Waals surface area contributed by atoms with Gasteiger partial charge in [0.25, 0.3) is 0 Å². The highest BCUT2D eigenvalue weighted by Crippen LogP contribution is 2.18. The molecule has 0 spiro atoms. The lowest BCUT2D eigenvalue weighted by Crippen LogP contribution is -2.58. The summed E-state index contributed by atoms with van der Waals surface area (Å²) in [7, 11) is 0. The van der Waals surface area contributed by atoms with Crippen molar-refractivity contribution in [1.82, 2.24) is 20.0 Å². The number of amides is 1. The van der Waals surface area contributed by atoms with Crippen LogP contribution in [0, 0.1) is 0 Å². The average Bonchev–Trinajstić information content (AvgIpc) is 2.91. The number of ether oxygens (including phenoxy) is 1. The third-order valence-corrected chi connectivity index (χ3v) is 4.84. The van der Waals surface area contributed by atoms with Crippen molar-refractivity contribution in [3.05, 3.63) is 0 Å². The van der Waals surface area contributed by atoms with Crippen molar-refractivity contribution < 1.29 is 9.53 Å².